The minimum absolute atomic E-state index is 0.127. The van der Waals surface area contributed by atoms with Gasteiger partial charge in [-0.1, -0.05) is 29.3 Å². The molecule has 0 N–H and O–H groups in total. The van der Waals surface area contributed by atoms with Crippen molar-refractivity contribution in [2.45, 2.75) is 25.4 Å². The first-order valence-corrected chi connectivity index (χ1v) is 12.6. The zero-order valence-corrected chi connectivity index (χ0v) is 21.5. The number of aromatic nitrogens is 2. The summed E-state index contributed by atoms with van der Waals surface area (Å²) in [4.78, 5) is 19.8. The van der Waals surface area contributed by atoms with Gasteiger partial charge in [0.25, 0.3) is 0 Å². The molecule has 0 spiro atoms. The molecule has 190 valence electrons. The summed E-state index contributed by atoms with van der Waals surface area (Å²) < 4.78 is 20.4. The number of benzene rings is 2. The lowest BCUT2D eigenvalue weighted by molar-refractivity contribution is -0.129. The third-order valence-electron chi connectivity index (χ3n) is 6.59. The maximum Gasteiger partial charge on any atom is 0.219 e. The van der Waals surface area contributed by atoms with Crippen molar-refractivity contribution < 1.29 is 19.0 Å². The summed E-state index contributed by atoms with van der Waals surface area (Å²) in [5, 5.41) is 1.08. The number of halogens is 2. The molecule has 8 nitrogen and oxygen atoms in total. The topological polar surface area (TPSA) is 69.1 Å². The molecule has 10 heteroatoms. The number of hydrogen-bond acceptors (Lipinski definition) is 6. The van der Waals surface area contributed by atoms with Crippen LogP contribution in [0, 0.1) is 0 Å². The molecule has 0 saturated carbocycles. The Bertz CT molecular complexity index is 1180. The molecular formula is C26H28Cl2N4O4. The van der Waals surface area contributed by atoms with Crippen LogP contribution in [0.1, 0.15) is 12.5 Å². The number of imidazole rings is 1. The molecule has 36 heavy (non-hydrogen) atoms. The summed E-state index contributed by atoms with van der Waals surface area (Å²) >= 11 is 12.7. The van der Waals surface area contributed by atoms with Crippen LogP contribution in [0.5, 0.6) is 5.75 Å². The molecule has 2 fully saturated rings. The molecule has 0 aliphatic carbocycles. The fourth-order valence-corrected chi connectivity index (χ4v) is 5.25. The lowest BCUT2D eigenvalue weighted by Gasteiger charge is -2.35. The van der Waals surface area contributed by atoms with Crippen molar-refractivity contribution in [3.05, 3.63) is 76.8 Å². The highest BCUT2D eigenvalue weighted by Gasteiger charge is 2.45. The smallest absolute Gasteiger partial charge is 0.219 e. The van der Waals surface area contributed by atoms with Crippen molar-refractivity contribution in [2.24, 2.45) is 0 Å². The van der Waals surface area contributed by atoms with Crippen molar-refractivity contribution in [1.82, 2.24) is 14.5 Å². The largest absolute Gasteiger partial charge is 0.488 e. The Labute approximate surface area is 220 Å². The van der Waals surface area contributed by atoms with E-state index in [1.54, 1.807) is 31.6 Å². The minimum Gasteiger partial charge on any atom is -0.488 e. The Morgan fingerprint density at radius 1 is 1.14 bits per heavy atom. The number of nitrogens with zero attached hydrogens (tertiary/aromatic N) is 4. The number of rotatable bonds is 7. The van der Waals surface area contributed by atoms with Crippen molar-refractivity contribution >= 4 is 34.8 Å². The normalized spacial score (nSPS) is 22.1. The molecule has 2 aromatic carbocycles. The molecular weight excluding hydrogens is 503 g/mol. The fourth-order valence-electron chi connectivity index (χ4n) is 4.67. The Morgan fingerprint density at radius 2 is 1.92 bits per heavy atom. The van der Waals surface area contributed by atoms with Crippen LogP contribution in [-0.2, 0) is 26.4 Å². The summed E-state index contributed by atoms with van der Waals surface area (Å²) in [7, 11) is 0. The number of carbonyl (C=O) groups is 1. The summed E-state index contributed by atoms with van der Waals surface area (Å²) in [6, 6.07) is 13.3. The summed E-state index contributed by atoms with van der Waals surface area (Å²) in [5.74, 6) is 0.854. The van der Waals surface area contributed by atoms with Gasteiger partial charge in [-0.15, -0.1) is 0 Å². The van der Waals surface area contributed by atoms with Gasteiger partial charge in [-0.3, -0.25) is 4.79 Å². The molecule has 0 radical (unpaired) electrons. The van der Waals surface area contributed by atoms with Crippen LogP contribution in [-0.4, -0.2) is 66.0 Å². The van der Waals surface area contributed by atoms with Crippen LogP contribution < -0.4 is 9.64 Å². The lowest BCUT2D eigenvalue weighted by atomic mass is 9.94. The van der Waals surface area contributed by atoms with E-state index in [0.29, 0.717) is 23.2 Å². The van der Waals surface area contributed by atoms with Gasteiger partial charge in [0.15, 0.2) is 6.29 Å². The molecule has 5 rings (SSSR count). The second-order valence-corrected chi connectivity index (χ2v) is 9.85. The van der Waals surface area contributed by atoms with E-state index in [4.69, 9.17) is 37.4 Å². The van der Waals surface area contributed by atoms with Crippen molar-refractivity contribution in [1.29, 1.82) is 0 Å². The highest BCUT2D eigenvalue weighted by molar-refractivity contribution is 6.35. The molecule has 1 amide bonds. The summed E-state index contributed by atoms with van der Waals surface area (Å²) in [6.45, 7) is 5.75. The van der Waals surface area contributed by atoms with Crippen LogP contribution in [0.3, 0.4) is 0 Å². The van der Waals surface area contributed by atoms with Crippen LogP contribution in [0.15, 0.2) is 61.2 Å². The van der Waals surface area contributed by atoms with Gasteiger partial charge in [-0.25, -0.2) is 4.98 Å². The molecule has 2 atom stereocenters. The third-order valence-corrected chi connectivity index (χ3v) is 7.14. The highest BCUT2D eigenvalue weighted by Crippen LogP contribution is 2.40. The van der Waals surface area contributed by atoms with E-state index in [1.807, 2.05) is 46.0 Å². The molecule has 2 aliphatic heterocycles. The number of ether oxygens (including phenoxy) is 3. The highest BCUT2D eigenvalue weighted by atomic mass is 35.5. The van der Waals surface area contributed by atoms with Crippen molar-refractivity contribution in [2.75, 3.05) is 44.3 Å². The monoisotopic (exact) mass is 530 g/mol. The van der Waals surface area contributed by atoms with Gasteiger partial charge in [0.05, 0.1) is 19.5 Å². The number of anilines is 1. The maximum absolute atomic E-state index is 11.6. The molecule has 0 bridgehead atoms. The Hall–Kier alpha value is -2.78. The first kappa shape index (κ1) is 24.9. The van der Waals surface area contributed by atoms with Crippen LogP contribution in [0.2, 0.25) is 10.0 Å². The Balaban J connectivity index is 1.22. The average molecular weight is 531 g/mol. The minimum atomic E-state index is -0.803. The zero-order chi connectivity index (χ0) is 25.1. The molecule has 3 heterocycles. The molecule has 0 unspecified atom stereocenters. The first-order chi connectivity index (χ1) is 17.4. The predicted molar refractivity (Wildman–Crippen MR) is 138 cm³/mol. The number of piperazine rings is 1. The van der Waals surface area contributed by atoms with E-state index in [-0.39, 0.29) is 12.5 Å². The van der Waals surface area contributed by atoms with E-state index in [1.165, 1.54) is 0 Å². The third kappa shape index (κ3) is 5.47. The van der Waals surface area contributed by atoms with Gasteiger partial charge in [0.2, 0.25) is 5.91 Å². The lowest BCUT2D eigenvalue weighted by Crippen LogP contribution is -2.48. The van der Waals surface area contributed by atoms with Crippen molar-refractivity contribution in [3.8, 4) is 5.75 Å². The fraction of sp³-hybridized carbons (Fsp3) is 0.385. The maximum atomic E-state index is 11.6. The van der Waals surface area contributed by atoms with Crippen molar-refractivity contribution in [3.63, 3.8) is 0 Å². The van der Waals surface area contributed by atoms with E-state index in [9.17, 15) is 4.79 Å². The van der Waals surface area contributed by atoms with E-state index < -0.39 is 11.9 Å². The van der Waals surface area contributed by atoms with E-state index in [2.05, 4.69) is 9.88 Å². The number of carbonyl (C=O) groups excluding carboxylic acids is 1. The molecule has 2 saturated heterocycles. The van der Waals surface area contributed by atoms with Gasteiger partial charge in [0.1, 0.15) is 18.0 Å². The molecule has 2 aliphatic rings. The van der Waals surface area contributed by atoms with Crippen LogP contribution in [0.25, 0.3) is 0 Å². The predicted octanol–water partition coefficient (Wildman–Crippen LogP) is 4.21. The molecule has 3 aromatic rings. The van der Waals surface area contributed by atoms with E-state index >= 15 is 0 Å². The van der Waals surface area contributed by atoms with Crippen LogP contribution in [0.4, 0.5) is 5.69 Å². The van der Waals surface area contributed by atoms with Crippen LogP contribution >= 0.6 is 23.2 Å². The zero-order valence-electron chi connectivity index (χ0n) is 20.0. The first-order valence-electron chi connectivity index (χ1n) is 11.9. The van der Waals surface area contributed by atoms with Gasteiger partial charge in [-0.05, 0) is 36.4 Å². The number of hydrogen-bond donors (Lipinski definition) is 0. The average Bonchev–Trinajstić information content (AvgIpc) is 3.54. The summed E-state index contributed by atoms with van der Waals surface area (Å²) in [6.07, 6.45) is 4.76. The van der Waals surface area contributed by atoms with Gasteiger partial charge < -0.3 is 28.6 Å². The number of amides is 1. The SMILES string of the molecule is CC(=O)N1CCN(c2ccc(OC[C@H]3OC[C@@](Cn4ccnc4)(c4ccc(Cl)cc4Cl)O3)cc2)CC1. The Kier molecular flexibility index (Phi) is 7.39. The molecule has 1 aromatic heterocycles. The second-order valence-electron chi connectivity index (χ2n) is 9.01. The van der Waals surface area contributed by atoms with Gasteiger partial charge in [-0.2, -0.15) is 0 Å². The van der Waals surface area contributed by atoms with Gasteiger partial charge >= 0.3 is 0 Å². The second kappa shape index (κ2) is 10.7. The quantitative estimate of drug-likeness (QED) is 0.455. The summed E-state index contributed by atoms with van der Waals surface area (Å²) in [5.41, 5.74) is 1.11. The Morgan fingerprint density at radius 3 is 2.58 bits per heavy atom. The van der Waals surface area contributed by atoms with E-state index in [0.717, 1.165) is 43.2 Å². The van der Waals surface area contributed by atoms with Gasteiger partial charge in [0, 0.05) is 66.8 Å². The standard InChI is InChI=1S/C26H28Cl2N4O4/c1-19(33)31-10-12-32(13-11-31)21-3-5-22(6-4-21)34-15-25-35-17-26(36-25,16-30-9-8-29-18-30)23-7-2-20(27)14-24(23)28/h2-9,14,18,25H,10-13,15-17H2,1H3/t25-,26-/m0/s1.